The van der Waals surface area contributed by atoms with Crippen molar-refractivity contribution in [2.24, 2.45) is 17.8 Å². The first-order chi connectivity index (χ1) is 16.2. The molecule has 1 spiro atoms. The lowest BCUT2D eigenvalue weighted by Crippen LogP contribution is -2.56. The second-order valence-electron chi connectivity index (χ2n) is 9.94. The van der Waals surface area contributed by atoms with Gasteiger partial charge in [0.2, 0.25) is 17.7 Å². The summed E-state index contributed by atoms with van der Waals surface area (Å²) >= 11 is 1.63. The summed E-state index contributed by atoms with van der Waals surface area (Å²) in [7, 11) is 3.17. The van der Waals surface area contributed by atoms with Gasteiger partial charge in [0.05, 0.1) is 36.3 Å². The maximum absolute atomic E-state index is 14.0. The molecule has 3 fully saturated rings. The first kappa shape index (κ1) is 24.9. The Hall–Kier alpha value is -2.26. The molecule has 1 aromatic carbocycles. The summed E-state index contributed by atoms with van der Waals surface area (Å²) < 4.78 is 4.09. The van der Waals surface area contributed by atoms with Crippen LogP contribution in [0.3, 0.4) is 0 Å². The molecular weight excluding hydrogens is 454 g/mol. The number of ether oxygens (including phenoxy) is 1. The second-order valence-corrected chi connectivity index (χ2v) is 11.8. The van der Waals surface area contributed by atoms with Crippen LogP contribution < -0.4 is 15.4 Å². The van der Waals surface area contributed by atoms with Crippen LogP contribution in [0.2, 0.25) is 0 Å². The monoisotopic (exact) mass is 489 g/mol. The third-order valence-electron chi connectivity index (χ3n) is 8.19. The van der Waals surface area contributed by atoms with Crippen LogP contribution in [0.5, 0.6) is 5.75 Å². The third kappa shape index (κ3) is 3.59. The molecule has 2 bridgehead atoms. The van der Waals surface area contributed by atoms with Crippen molar-refractivity contribution in [3.63, 3.8) is 0 Å². The minimum Gasteiger partial charge on any atom is -0.497 e. The zero-order valence-corrected chi connectivity index (χ0v) is 21.3. The molecule has 3 N–H and O–H groups in total. The summed E-state index contributed by atoms with van der Waals surface area (Å²) in [6.07, 6.45) is 2.18. The molecule has 3 saturated heterocycles. The molecule has 1 aromatic rings. The number of amides is 3. The highest BCUT2D eigenvalue weighted by Gasteiger charge is 2.77. The number of nitrogens with zero attached hydrogens (tertiary/aromatic N) is 1. The van der Waals surface area contributed by atoms with Gasteiger partial charge in [-0.15, -0.1) is 11.8 Å². The molecule has 0 aliphatic carbocycles. The normalized spacial score (nSPS) is 33.4. The lowest BCUT2D eigenvalue weighted by molar-refractivity contribution is -0.143. The van der Waals surface area contributed by atoms with E-state index in [1.165, 1.54) is 0 Å². The van der Waals surface area contributed by atoms with Gasteiger partial charge in [0, 0.05) is 17.5 Å². The van der Waals surface area contributed by atoms with Gasteiger partial charge in [0.1, 0.15) is 11.8 Å². The van der Waals surface area contributed by atoms with Crippen LogP contribution in [0.15, 0.2) is 24.3 Å². The van der Waals surface area contributed by atoms with Crippen molar-refractivity contribution in [3.05, 3.63) is 24.3 Å². The molecule has 3 aliphatic heterocycles. The number of hydrogen-bond acceptors (Lipinski definition) is 6. The molecular formula is C25H35N3O5S. The van der Waals surface area contributed by atoms with Gasteiger partial charge in [-0.1, -0.05) is 20.3 Å². The molecule has 3 aliphatic rings. The first-order valence-corrected chi connectivity index (χ1v) is 12.8. The summed E-state index contributed by atoms with van der Waals surface area (Å²) in [5.74, 6) is -1.07. The number of benzene rings is 1. The number of likely N-dealkylation sites (tertiary alicyclic amines) is 1. The van der Waals surface area contributed by atoms with Crippen molar-refractivity contribution in [1.29, 1.82) is 0 Å². The van der Waals surface area contributed by atoms with Gasteiger partial charge < -0.3 is 25.4 Å². The molecule has 4 rings (SSSR count). The van der Waals surface area contributed by atoms with Crippen molar-refractivity contribution >= 4 is 35.2 Å². The Labute approximate surface area is 205 Å². The summed E-state index contributed by atoms with van der Waals surface area (Å²) in [6.45, 7) is 5.80. The second kappa shape index (κ2) is 9.07. The molecule has 0 radical (unpaired) electrons. The zero-order valence-electron chi connectivity index (χ0n) is 20.5. The highest BCUT2D eigenvalue weighted by molar-refractivity contribution is 8.02. The van der Waals surface area contributed by atoms with Gasteiger partial charge in [0.15, 0.2) is 0 Å². The number of aliphatic hydroxyl groups excluding tert-OH is 1. The summed E-state index contributed by atoms with van der Waals surface area (Å²) in [5.41, 5.74) is 0.605. The fourth-order valence-electron chi connectivity index (χ4n) is 6.28. The van der Waals surface area contributed by atoms with E-state index >= 15 is 0 Å². The Morgan fingerprint density at radius 3 is 2.50 bits per heavy atom. The number of aliphatic hydroxyl groups is 1. The van der Waals surface area contributed by atoms with Crippen LogP contribution in [0.4, 0.5) is 5.69 Å². The standard InChI is InChI=1S/C25H35N3O5S/c1-6-14(2)17(13-29)28-20(22(31)27-15-7-9-16(33-5)10-8-15)25-12-11-24(3,34-25)18(21(30)26-4)19(25)23(28)32/h7-10,14,17-20,29H,6,11-13H2,1-5H3,(H,26,30)(H,27,31)/t14-,17-,18-,19-,20?,24+,25?/m0/s1. The van der Waals surface area contributed by atoms with Crippen LogP contribution in [0.25, 0.3) is 0 Å². The Balaban J connectivity index is 1.77. The van der Waals surface area contributed by atoms with E-state index in [2.05, 4.69) is 10.6 Å². The third-order valence-corrected chi connectivity index (χ3v) is 10.2. The molecule has 0 saturated carbocycles. The van der Waals surface area contributed by atoms with Gasteiger partial charge in [0.25, 0.3) is 0 Å². The van der Waals surface area contributed by atoms with Crippen LogP contribution in [-0.2, 0) is 14.4 Å². The quantitative estimate of drug-likeness (QED) is 0.517. The molecule has 8 nitrogen and oxygen atoms in total. The molecule has 3 heterocycles. The fraction of sp³-hybridized carbons (Fsp3) is 0.640. The van der Waals surface area contributed by atoms with Gasteiger partial charge >= 0.3 is 0 Å². The minimum atomic E-state index is -0.778. The molecule has 7 atom stereocenters. The van der Waals surface area contributed by atoms with Gasteiger partial charge in [-0.25, -0.2) is 0 Å². The number of hydrogen-bond donors (Lipinski definition) is 3. The maximum atomic E-state index is 14.0. The highest BCUT2D eigenvalue weighted by atomic mass is 32.2. The molecule has 34 heavy (non-hydrogen) atoms. The molecule has 186 valence electrons. The average Bonchev–Trinajstić information content (AvgIpc) is 3.40. The van der Waals surface area contributed by atoms with E-state index in [9.17, 15) is 19.5 Å². The number of thioether (sulfide) groups is 1. The number of nitrogens with one attached hydrogen (secondary N) is 2. The lowest BCUT2D eigenvalue weighted by atomic mass is 9.66. The van der Waals surface area contributed by atoms with Crippen molar-refractivity contribution < 1.29 is 24.2 Å². The number of anilines is 1. The van der Waals surface area contributed by atoms with E-state index in [4.69, 9.17) is 4.74 Å². The number of carbonyl (C=O) groups is 3. The van der Waals surface area contributed by atoms with Crippen LogP contribution in [-0.4, -0.2) is 70.1 Å². The first-order valence-electron chi connectivity index (χ1n) is 12.0. The molecule has 3 amide bonds. The van der Waals surface area contributed by atoms with E-state index in [-0.39, 0.29) is 30.2 Å². The van der Waals surface area contributed by atoms with Crippen LogP contribution >= 0.6 is 11.8 Å². The largest absolute Gasteiger partial charge is 0.497 e. The molecule has 2 unspecified atom stereocenters. The van der Waals surface area contributed by atoms with Gasteiger partial charge in [-0.3, -0.25) is 14.4 Å². The number of fused-ring (bicyclic) bond motifs is 1. The average molecular weight is 490 g/mol. The van der Waals surface area contributed by atoms with Gasteiger partial charge in [-0.2, -0.15) is 0 Å². The van der Waals surface area contributed by atoms with Gasteiger partial charge in [-0.05, 0) is 49.9 Å². The van der Waals surface area contributed by atoms with Crippen molar-refractivity contribution in [3.8, 4) is 5.75 Å². The Morgan fingerprint density at radius 1 is 1.26 bits per heavy atom. The number of methoxy groups -OCH3 is 1. The summed E-state index contributed by atoms with van der Waals surface area (Å²) in [5, 5.41) is 16.1. The van der Waals surface area contributed by atoms with Crippen LogP contribution in [0, 0.1) is 17.8 Å². The zero-order chi connectivity index (χ0) is 24.8. The van der Waals surface area contributed by atoms with E-state index in [0.29, 0.717) is 17.9 Å². The Morgan fingerprint density at radius 2 is 1.94 bits per heavy atom. The maximum Gasteiger partial charge on any atom is 0.248 e. The summed E-state index contributed by atoms with van der Waals surface area (Å²) in [6, 6.07) is 5.78. The van der Waals surface area contributed by atoms with Crippen molar-refractivity contribution in [2.75, 3.05) is 26.1 Å². The predicted molar refractivity (Wildman–Crippen MR) is 132 cm³/mol. The van der Waals surface area contributed by atoms with E-state index < -0.39 is 33.4 Å². The summed E-state index contributed by atoms with van der Waals surface area (Å²) in [4.78, 5) is 42.6. The highest BCUT2D eigenvalue weighted by Crippen LogP contribution is 2.71. The predicted octanol–water partition coefficient (Wildman–Crippen LogP) is 2.27. The molecule has 9 heteroatoms. The van der Waals surface area contributed by atoms with E-state index in [1.54, 1.807) is 55.1 Å². The van der Waals surface area contributed by atoms with E-state index in [1.807, 2.05) is 20.8 Å². The number of rotatable bonds is 8. The van der Waals surface area contributed by atoms with E-state index in [0.717, 1.165) is 12.8 Å². The van der Waals surface area contributed by atoms with Crippen LogP contribution in [0.1, 0.15) is 40.0 Å². The Bertz CT molecular complexity index is 972. The fourth-order valence-corrected chi connectivity index (χ4v) is 8.62. The van der Waals surface area contributed by atoms with Crippen molar-refractivity contribution in [2.45, 2.75) is 61.6 Å². The smallest absolute Gasteiger partial charge is 0.248 e. The topological polar surface area (TPSA) is 108 Å². The van der Waals surface area contributed by atoms with Crippen molar-refractivity contribution in [1.82, 2.24) is 10.2 Å². The Kier molecular flexibility index (Phi) is 6.63. The lowest BCUT2D eigenvalue weighted by Gasteiger charge is -2.39. The number of carbonyl (C=O) groups excluding carboxylic acids is 3. The minimum absolute atomic E-state index is 0.00305. The SMILES string of the molecule is CC[C@H](C)[C@H](CO)N1C(=O)[C@@H]2[C@@H](C(=O)NC)[C@@]3(C)CCC2(S3)C1C(=O)Nc1ccc(OC)cc1. The molecule has 0 aromatic heterocycles.